The van der Waals surface area contributed by atoms with E-state index in [4.69, 9.17) is 0 Å². The summed E-state index contributed by atoms with van der Waals surface area (Å²) in [5.74, 6) is 0.833. The van der Waals surface area contributed by atoms with E-state index in [1.165, 1.54) is 4.88 Å². The van der Waals surface area contributed by atoms with E-state index in [9.17, 15) is 0 Å². The van der Waals surface area contributed by atoms with Gasteiger partial charge in [-0.15, -0.1) is 35.3 Å². The first kappa shape index (κ1) is 17.0. The number of guanidine groups is 1. The molecule has 2 aromatic heterocycles. The van der Waals surface area contributed by atoms with Gasteiger partial charge in [-0.25, -0.2) is 4.99 Å². The van der Waals surface area contributed by atoms with Gasteiger partial charge in [0.2, 0.25) is 0 Å². The van der Waals surface area contributed by atoms with Gasteiger partial charge in [0.1, 0.15) is 0 Å². The molecule has 0 radical (unpaired) electrons. The normalized spacial score (nSPS) is 11.0. The fourth-order valence-electron chi connectivity index (χ4n) is 1.65. The molecule has 0 saturated carbocycles. The third-order valence-electron chi connectivity index (χ3n) is 2.53. The van der Waals surface area contributed by atoms with Crippen LogP contribution in [-0.4, -0.2) is 22.3 Å². The molecule has 0 bridgehead atoms. The molecular formula is C13H20IN5S. The third-order valence-corrected chi connectivity index (χ3v) is 3.41. The van der Waals surface area contributed by atoms with E-state index in [1.807, 2.05) is 19.4 Å². The van der Waals surface area contributed by atoms with Crippen LogP contribution in [-0.2, 0) is 20.1 Å². The summed E-state index contributed by atoms with van der Waals surface area (Å²) < 4.78 is 1.79. The average Bonchev–Trinajstić information content (AvgIpc) is 3.04. The van der Waals surface area contributed by atoms with Crippen LogP contribution in [0.5, 0.6) is 0 Å². The van der Waals surface area contributed by atoms with Crippen molar-refractivity contribution in [3.8, 4) is 0 Å². The maximum Gasteiger partial charge on any atom is 0.191 e. The number of rotatable bonds is 5. The van der Waals surface area contributed by atoms with Crippen molar-refractivity contribution in [2.45, 2.75) is 20.0 Å². The Morgan fingerprint density at radius 3 is 2.90 bits per heavy atom. The number of aryl methyl sites for hydroxylation is 1. The molecule has 0 amide bonds. The predicted molar refractivity (Wildman–Crippen MR) is 94.6 cm³/mol. The summed E-state index contributed by atoms with van der Waals surface area (Å²) in [5.41, 5.74) is 1.11. The van der Waals surface area contributed by atoms with E-state index >= 15 is 0 Å². The highest BCUT2D eigenvalue weighted by atomic mass is 127. The van der Waals surface area contributed by atoms with Gasteiger partial charge >= 0.3 is 0 Å². The van der Waals surface area contributed by atoms with E-state index in [2.05, 4.69) is 45.2 Å². The Bertz CT molecular complexity index is 521. The molecule has 0 spiro atoms. The molecule has 7 heteroatoms. The van der Waals surface area contributed by atoms with E-state index in [0.717, 1.165) is 24.6 Å². The van der Waals surface area contributed by atoms with Gasteiger partial charge in [-0.1, -0.05) is 6.07 Å². The highest BCUT2D eigenvalue weighted by Gasteiger charge is 2.00. The van der Waals surface area contributed by atoms with Gasteiger partial charge in [-0.2, -0.15) is 5.10 Å². The van der Waals surface area contributed by atoms with Gasteiger partial charge in [0, 0.05) is 30.2 Å². The van der Waals surface area contributed by atoms with Crippen LogP contribution >= 0.6 is 35.3 Å². The zero-order valence-corrected chi connectivity index (χ0v) is 14.8. The maximum absolute atomic E-state index is 4.54. The smallest absolute Gasteiger partial charge is 0.191 e. The highest BCUT2D eigenvalue weighted by molar-refractivity contribution is 14.0. The Labute approximate surface area is 140 Å². The van der Waals surface area contributed by atoms with Gasteiger partial charge in [0.05, 0.1) is 19.3 Å². The third kappa shape index (κ3) is 5.49. The van der Waals surface area contributed by atoms with Crippen molar-refractivity contribution < 1.29 is 0 Å². The molecule has 0 fully saturated rings. The fourth-order valence-corrected chi connectivity index (χ4v) is 2.29. The van der Waals surface area contributed by atoms with Crippen molar-refractivity contribution >= 4 is 41.3 Å². The lowest BCUT2D eigenvalue weighted by Crippen LogP contribution is -2.36. The summed E-state index contributed by atoms with van der Waals surface area (Å²) >= 11 is 1.74. The minimum absolute atomic E-state index is 0. The van der Waals surface area contributed by atoms with Crippen LogP contribution in [0.15, 0.2) is 34.9 Å². The van der Waals surface area contributed by atoms with Crippen LogP contribution in [0.3, 0.4) is 0 Å². The van der Waals surface area contributed by atoms with Crippen molar-refractivity contribution in [2.75, 3.05) is 6.54 Å². The lowest BCUT2D eigenvalue weighted by atomic mass is 10.4. The van der Waals surface area contributed by atoms with E-state index < -0.39 is 0 Å². The molecule has 2 heterocycles. The molecule has 0 aliphatic carbocycles. The summed E-state index contributed by atoms with van der Waals surface area (Å²) in [6.07, 6.45) is 3.82. The number of hydrogen-bond donors (Lipinski definition) is 2. The zero-order chi connectivity index (χ0) is 13.5. The Kier molecular flexibility index (Phi) is 7.60. The van der Waals surface area contributed by atoms with Crippen molar-refractivity contribution in [2.24, 2.45) is 12.0 Å². The largest absolute Gasteiger partial charge is 0.357 e. The number of nitrogens with zero attached hydrogens (tertiary/aromatic N) is 3. The molecule has 0 aliphatic heterocycles. The standard InChI is InChI=1S/C13H19N5S.HI/c1-3-14-13(16-9-12-5-4-6-19-12)15-7-11-8-17-18(2)10-11;/h4-6,8,10H,3,7,9H2,1-2H3,(H2,14,15,16);1H. The van der Waals surface area contributed by atoms with Crippen molar-refractivity contribution in [3.05, 3.63) is 40.3 Å². The quantitative estimate of drug-likeness (QED) is 0.456. The van der Waals surface area contributed by atoms with Crippen LogP contribution in [0.4, 0.5) is 0 Å². The van der Waals surface area contributed by atoms with Gasteiger partial charge in [0.15, 0.2) is 5.96 Å². The summed E-state index contributed by atoms with van der Waals surface area (Å²) in [4.78, 5) is 5.84. The van der Waals surface area contributed by atoms with Gasteiger partial charge in [-0.05, 0) is 18.4 Å². The minimum atomic E-state index is 0. The lowest BCUT2D eigenvalue weighted by molar-refractivity contribution is 0.766. The molecular weight excluding hydrogens is 385 g/mol. The van der Waals surface area contributed by atoms with Crippen LogP contribution in [0, 0.1) is 0 Å². The second-order valence-corrected chi connectivity index (χ2v) is 5.18. The minimum Gasteiger partial charge on any atom is -0.357 e. The molecule has 0 atom stereocenters. The summed E-state index contributed by atoms with van der Waals surface area (Å²) in [6, 6.07) is 4.17. The van der Waals surface area contributed by atoms with Crippen LogP contribution in [0.2, 0.25) is 0 Å². The van der Waals surface area contributed by atoms with E-state index in [1.54, 1.807) is 16.0 Å². The first-order valence-electron chi connectivity index (χ1n) is 6.30. The number of nitrogens with one attached hydrogen (secondary N) is 2. The SMILES string of the molecule is CCNC(=NCc1cnn(C)c1)NCc1cccs1.I. The van der Waals surface area contributed by atoms with Crippen LogP contribution in [0.1, 0.15) is 17.4 Å². The number of aromatic nitrogens is 2. The Morgan fingerprint density at radius 2 is 2.30 bits per heavy atom. The highest BCUT2D eigenvalue weighted by Crippen LogP contribution is 2.07. The van der Waals surface area contributed by atoms with Crippen molar-refractivity contribution in [3.63, 3.8) is 0 Å². The first-order valence-corrected chi connectivity index (χ1v) is 7.18. The van der Waals surface area contributed by atoms with Gasteiger partial charge in [0.25, 0.3) is 0 Å². The zero-order valence-electron chi connectivity index (χ0n) is 11.7. The van der Waals surface area contributed by atoms with Gasteiger partial charge in [-0.3, -0.25) is 4.68 Å². The molecule has 0 aliphatic rings. The van der Waals surface area contributed by atoms with Gasteiger partial charge < -0.3 is 10.6 Å². The molecule has 110 valence electrons. The number of aliphatic imine (C=N–C) groups is 1. The predicted octanol–water partition coefficient (Wildman–Crippen LogP) is 2.35. The summed E-state index contributed by atoms with van der Waals surface area (Å²) in [6.45, 7) is 4.35. The molecule has 0 aromatic carbocycles. The molecule has 20 heavy (non-hydrogen) atoms. The summed E-state index contributed by atoms with van der Waals surface area (Å²) in [7, 11) is 1.91. The molecule has 2 rings (SSSR count). The first-order chi connectivity index (χ1) is 9.28. The average molecular weight is 405 g/mol. The number of thiophene rings is 1. The maximum atomic E-state index is 4.54. The Balaban J connectivity index is 0.00000200. The monoisotopic (exact) mass is 405 g/mol. The van der Waals surface area contributed by atoms with E-state index in [-0.39, 0.29) is 24.0 Å². The number of halogens is 1. The van der Waals surface area contributed by atoms with Crippen molar-refractivity contribution in [1.29, 1.82) is 0 Å². The molecule has 2 aromatic rings. The van der Waals surface area contributed by atoms with Crippen molar-refractivity contribution in [1.82, 2.24) is 20.4 Å². The second kappa shape index (κ2) is 8.96. The molecule has 5 nitrogen and oxygen atoms in total. The topological polar surface area (TPSA) is 54.2 Å². The fraction of sp³-hybridized carbons (Fsp3) is 0.385. The van der Waals surface area contributed by atoms with E-state index in [0.29, 0.717) is 6.54 Å². The van der Waals surface area contributed by atoms with Crippen LogP contribution in [0.25, 0.3) is 0 Å². The molecule has 0 unspecified atom stereocenters. The van der Waals surface area contributed by atoms with Crippen LogP contribution < -0.4 is 10.6 Å². The molecule has 2 N–H and O–H groups in total. The Hall–Kier alpha value is -1.09. The molecule has 0 saturated heterocycles. The summed E-state index contributed by atoms with van der Waals surface area (Å²) in [5, 5.41) is 12.8. The Morgan fingerprint density at radius 1 is 1.45 bits per heavy atom. The second-order valence-electron chi connectivity index (χ2n) is 4.15. The lowest BCUT2D eigenvalue weighted by Gasteiger charge is -2.09. The number of hydrogen-bond acceptors (Lipinski definition) is 3.